The second-order valence-electron chi connectivity index (χ2n) is 3.73. The van der Waals surface area contributed by atoms with Crippen molar-refractivity contribution in [1.29, 1.82) is 5.26 Å². The molecule has 0 aliphatic carbocycles. The summed E-state index contributed by atoms with van der Waals surface area (Å²) in [5.41, 5.74) is 2.52. The average molecular weight is 187 g/mol. The second-order valence-corrected chi connectivity index (χ2v) is 3.73. The van der Waals surface area contributed by atoms with E-state index >= 15 is 0 Å². The molecular weight excluding hydrogens is 174 g/mol. The maximum absolute atomic E-state index is 8.49. The van der Waals surface area contributed by atoms with Crippen LogP contribution < -0.4 is 4.74 Å². The van der Waals surface area contributed by atoms with Crippen molar-refractivity contribution in [2.75, 3.05) is 0 Å². The zero-order chi connectivity index (χ0) is 9.97. The van der Waals surface area contributed by atoms with Crippen molar-refractivity contribution in [3.05, 3.63) is 29.3 Å². The van der Waals surface area contributed by atoms with Gasteiger partial charge in [-0.05, 0) is 30.5 Å². The van der Waals surface area contributed by atoms with E-state index in [1.807, 2.05) is 12.1 Å². The second kappa shape index (κ2) is 3.71. The molecule has 1 aliphatic rings. The van der Waals surface area contributed by atoms with Gasteiger partial charge in [-0.1, -0.05) is 12.1 Å². The average Bonchev–Trinajstić information content (AvgIpc) is 2.54. The molecule has 0 spiro atoms. The fourth-order valence-corrected chi connectivity index (χ4v) is 1.83. The third-order valence-corrected chi connectivity index (χ3v) is 2.49. The monoisotopic (exact) mass is 187 g/mol. The van der Waals surface area contributed by atoms with E-state index < -0.39 is 0 Å². The summed E-state index contributed by atoms with van der Waals surface area (Å²) < 4.78 is 5.60. The summed E-state index contributed by atoms with van der Waals surface area (Å²) in [6, 6.07) is 8.39. The van der Waals surface area contributed by atoms with Crippen LogP contribution in [0.2, 0.25) is 0 Å². The molecule has 0 saturated carbocycles. The van der Waals surface area contributed by atoms with Gasteiger partial charge >= 0.3 is 0 Å². The van der Waals surface area contributed by atoms with E-state index in [2.05, 4.69) is 19.1 Å². The quantitative estimate of drug-likeness (QED) is 0.712. The lowest BCUT2D eigenvalue weighted by Gasteiger charge is -2.02. The number of rotatable bonds is 2. The molecule has 72 valence electrons. The molecule has 2 nitrogen and oxygen atoms in total. The Bertz CT molecular complexity index is 378. The molecule has 0 fully saturated rings. The Labute approximate surface area is 84.1 Å². The van der Waals surface area contributed by atoms with Gasteiger partial charge in [-0.25, -0.2) is 0 Å². The number of hydrogen-bond donors (Lipinski definition) is 0. The molecule has 1 aromatic rings. The van der Waals surface area contributed by atoms with Crippen LogP contribution in [0.25, 0.3) is 0 Å². The van der Waals surface area contributed by atoms with Gasteiger partial charge in [0.1, 0.15) is 11.9 Å². The summed E-state index contributed by atoms with van der Waals surface area (Å²) in [6.45, 7) is 2.08. The Balaban J connectivity index is 2.17. The number of hydrogen-bond acceptors (Lipinski definition) is 2. The third kappa shape index (κ3) is 1.72. The predicted octanol–water partition coefficient (Wildman–Crippen LogP) is 2.47. The Morgan fingerprint density at radius 2 is 2.43 bits per heavy atom. The summed E-state index contributed by atoms with van der Waals surface area (Å²) in [6.07, 6.45) is 2.74. The number of fused-ring (bicyclic) bond motifs is 1. The molecule has 1 heterocycles. The molecule has 2 rings (SSSR count). The summed E-state index contributed by atoms with van der Waals surface area (Å²) in [5.74, 6) is 1.01. The lowest BCUT2D eigenvalue weighted by molar-refractivity contribution is 0.254. The van der Waals surface area contributed by atoms with E-state index in [0.29, 0.717) is 12.5 Å². The van der Waals surface area contributed by atoms with Gasteiger partial charge in [0, 0.05) is 12.8 Å². The Morgan fingerprint density at radius 1 is 1.57 bits per heavy atom. The highest BCUT2D eigenvalue weighted by Crippen LogP contribution is 2.29. The highest BCUT2D eigenvalue weighted by molar-refractivity contribution is 5.40. The number of benzene rings is 1. The Kier molecular flexibility index (Phi) is 2.41. The van der Waals surface area contributed by atoms with E-state index in [1.165, 1.54) is 11.1 Å². The van der Waals surface area contributed by atoms with E-state index in [0.717, 1.165) is 18.6 Å². The molecule has 0 aromatic heterocycles. The molecule has 1 aromatic carbocycles. The first-order valence-electron chi connectivity index (χ1n) is 4.95. The van der Waals surface area contributed by atoms with Crippen LogP contribution in [0.4, 0.5) is 0 Å². The minimum Gasteiger partial charge on any atom is -0.490 e. The SMILES string of the molecule is CC1Cc2cc(CCC#N)ccc2O1. The molecule has 0 saturated heterocycles. The van der Waals surface area contributed by atoms with Crippen molar-refractivity contribution in [3.63, 3.8) is 0 Å². The smallest absolute Gasteiger partial charge is 0.123 e. The molecule has 0 amide bonds. The first-order chi connectivity index (χ1) is 6.79. The van der Waals surface area contributed by atoms with E-state index in [-0.39, 0.29) is 0 Å². The van der Waals surface area contributed by atoms with E-state index in [1.54, 1.807) is 0 Å². The van der Waals surface area contributed by atoms with Crippen molar-refractivity contribution >= 4 is 0 Å². The van der Waals surface area contributed by atoms with Gasteiger partial charge in [-0.15, -0.1) is 0 Å². The highest BCUT2D eigenvalue weighted by Gasteiger charge is 2.18. The van der Waals surface area contributed by atoms with Gasteiger partial charge in [-0.3, -0.25) is 0 Å². The largest absolute Gasteiger partial charge is 0.490 e. The summed E-state index contributed by atoms with van der Waals surface area (Å²) in [4.78, 5) is 0. The minimum atomic E-state index is 0.302. The summed E-state index contributed by atoms with van der Waals surface area (Å²) in [5, 5.41) is 8.49. The number of aryl methyl sites for hydroxylation is 1. The Hall–Kier alpha value is -1.49. The van der Waals surface area contributed by atoms with Crippen LogP contribution >= 0.6 is 0 Å². The van der Waals surface area contributed by atoms with Gasteiger partial charge < -0.3 is 4.74 Å². The van der Waals surface area contributed by atoms with Gasteiger partial charge in [-0.2, -0.15) is 5.26 Å². The zero-order valence-corrected chi connectivity index (χ0v) is 8.29. The normalized spacial score (nSPS) is 18.4. The van der Waals surface area contributed by atoms with Gasteiger partial charge in [0.25, 0.3) is 0 Å². The van der Waals surface area contributed by atoms with E-state index in [4.69, 9.17) is 10.00 Å². The van der Waals surface area contributed by atoms with Gasteiger partial charge in [0.2, 0.25) is 0 Å². The molecule has 1 aliphatic heterocycles. The molecule has 1 unspecified atom stereocenters. The zero-order valence-electron chi connectivity index (χ0n) is 8.29. The summed E-state index contributed by atoms with van der Waals surface area (Å²) >= 11 is 0. The molecular formula is C12H13NO. The minimum absolute atomic E-state index is 0.302. The molecule has 0 radical (unpaired) electrons. The van der Waals surface area contributed by atoms with Crippen molar-refractivity contribution in [2.24, 2.45) is 0 Å². The van der Waals surface area contributed by atoms with Gasteiger partial charge in [0.05, 0.1) is 6.07 Å². The van der Waals surface area contributed by atoms with Crippen LogP contribution in [0.1, 0.15) is 24.5 Å². The van der Waals surface area contributed by atoms with Crippen molar-refractivity contribution in [2.45, 2.75) is 32.3 Å². The van der Waals surface area contributed by atoms with Crippen LogP contribution in [0.5, 0.6) is 5.75 Å². The van der Waals surface area contributed by atoms with Crippen LogP contribution in [-0.4, -0.2) is 6.10 Å². The van der Waals surface area contributed by atoms with Crippen molar-refractivity contribution in [1.82, 2.24) is 0 Å². The summed E-state index contributed by atoms with van der Waals surface area (Å²) in [7, 11) is 0. The predicted molar refractivity (Wildman–Crippen MR) is 54.2 cm³/mol. The number of nitriles is 1. The van der Waals surface area contributed by atoms with E-state index in [9.17, 15) is 0 Å². The van der Waals surface area contributed by atoms with Crippen LogP contribution in [0.3, 0.4) is 0 Å². The molecule has 14 heavy (non-hydrogen) atoms. The van der Waals surface area contributed by atoms with Crippen molar-refractivity contribution in [3.8, 4) is 11.8 Å². The number of ether oxygens (including phenoxy) is 1. The van der Waals surface area contributed by atoms with Crippen LogP contribution in [0.15, 0.2) is 18.2 Å². The topological polar surface area (TPSA) is 33.0 Å². The van der Waals surface area contributed by atoms with Crippen LogP contribution in [0, 0.1) is 11.3 Å². The third-order valence-electron chi connectivity index (χ3n) is 2.49. The van der Waals surface area contributed by atoms with Crippen molar-refractivity contribution < 1.29 is 4.74 Å². The van der Waals surface area contributed by atoms with Gasteiger partial charge in [0.15, 0.2) is 0 Å². The lowest BCUT2D eigenvalue weighted by atomic mass is 10.0. The maximum Gasteiger partial charge on any atom is 0.123 e. The lowest BCUT2D eigenvalue weighted by Crippen LogP contribution is -2.05. The molecule has 1 atom stereocenters. The first-order valence-corrected chi connectivity index (χ1v) is 4.95. The Morgan fingerprint density at radius 3 is 3.21 bits per heavy atom. The highest BCUT2D eigenvalue weighted by atomic mass is 16.5. The molecule has 0 bridgehead atoms. The first kappa shape index (κ1) is 9.08. The fourth-order valence-electron chi connectivity index (χ4n) is 1.83. The fraction of sp³-hybridized carbons (Fsp3) is 0.417. The molecule has 2 heteroatoms. The maximum atomic E-state index is 8.49. The molecule has 0 N–H and O–H groups in total. The standard InChI is InChI=1S/C12H13NO/c1-9-7-11-8-10(3-2-6-13)4-5-12(11)14-9/h4-5,8-9H,2-3,7H2,1H3. The number of nitrogens with zero attached hydrogens (tertiary/aromatic N) is 1. The van der Waals surface area contributed by atoms with Crippen LogP contribution in [-0.2, 0) is 12.8 Å².